The number of rotatable bonds is 4. The van der Waals surface area contributed by atoms with E-state index in [0.717, 1.165) is 6.92 Å². The average molecular weight is 500 g/mol. The van der Waals surface area contributed by atoms with E-state index in [4.69, 9.17) is 0 Å². The summed E-state index contributed by atoms with van der Waals surface area (Å²) in [7, 11) is 0. The first kappa shape index (κ1) is 28.3. The molecule has 1 rings (SSSR count). The normalized spacial score (nSPS) is 19.6. The van der Waals surface area contributed by atoms with Crippen LogP contribution in [-0.4, -0.2) is 58.2 Å². The van der Waals surface area contributed by atoms with E-state index in [1.807, 2.05) is 0 Å². The Balaban J connectivity index is 3.86. The summed E-state index contributed by atoms with van der Waals surface area (Å²) in [5, 5.41) is 19.3. The molecule has 0 aromatic rings. The van der Waals surface area contributed by atoms with Crippen molar-refractivity contribution in [3.05, 3.63) is 12.2 Å². The molecule has 16 heteroatoms. The summed E-state index contributed by atoms with van der Waals surface area (Å²) in [5.74, 6) is -1.26. The van der Waals surface area contributed by atoms with Crippen LogP contribution in [0, 0.1) is 5.41 Å². The monoisotopic (exact) mass is 500 g/mol. The maximum atomic E-state index is 13.4. The van der Waals surface area contributed by atoms with E-state index in [0.29, 0.717) is 0 Å². The highest BCUT2D eigenvalue weighted by atomic mass is 19.4. The fourth-order valence-electron chi connectivity index (χ4n) is 3.85. The Morgan fingerprint density at radius 3 is 1.28 bits per heavy atom. The second kappa shape index (κ2) is 7.95. The van der Waals surface area contributed by atoms with Gasteiger partial charge in [0.1, 0.15) is 6.10 Å². The molecule has 4 nitrogen and oxygen atoms in total. The molecule has 188 valence electrons. The second-order valence-electron chi connectivity index (χ2n) is 7.38. The molecule has 1 fully saturated rings. The molecule has 0 aliphatic heterocycles. The van der Waals surface area contributed by atoms with E-state index in [2.05, 4.69) is 11.3 Å². The van der Waals surface area contributed by atoms with Crippen molar-refractivity contribution in [2.45, 2.75) is 74.6 Å². The zero-order valence-corrected chi connectivity index (χ0v) is 15.9. The summed E-state index contributed by atoms with van der Waals surface area (Å²) in [4.78, 5) is 11.5. The van der Waals surface area contributed by atoms with Crippen molar-refractivity contribution in [3.63, 3.8) is 0 Å². The Labute approximate surface area is 171 Å². The number of alkyl halides is 12. The van der Waals surface area contributed by atoms with Gasteiger partial charge in [0.15, 0.2) is 0 Å². The lowest BCUT2D eigenvalue weighted by Crippen LogP contribution is -2.80. The van der Waals surface area contributed by atoms with Crippen LogP contribution in [0.4, 0.5) is 52.7 Å². The van der Waals surface area contributed by atoms with Crippen LogP contribution < -0.4 is 0 Å². The molecular weight excluding hydrogens is 484 g/mol. The van der Waals surface area contributed by atoms with Crippen LogP contribution in [0.15, 0.2) is 12.2 Å². The average Bonchev–Trinajstić information content (AvgIpc) is 2.57. The number of hydrogen-bond acceptors (Lipinski definition) is 4. The summed E-state index contributed by atoms with van der Waals surface area (Å²) < 4.78 is 166. The largest absolute Gasteiger partial charge is 0.459 e. The molecule has 1 aliphatic rings. The lowest BCUT2D eigenvalue weighted by atomic mass is 9.53. The van der Waals surface area contributed by atoms with Gasteiger partial charge in [-0.1, -0.05) is 6.58 Å². The fourth-order valence-corrected chi connectivity index (χ4v) is 3.85. The predicted octanol–water partition coefficient (Wildman–Crippen LogP) is 4.75. The van der Waals surface area contributed by atoms with Gasteiger partial charge in [0, 0.05) is 5.57 Å². The lowest BCUT2D eigenvalue weighted by molar-refractivity contribution is -0.480. The Morgan fingerprint density at radius 2 is 1.06 bits per heavy atom. The highest BCUT2D eigenvalue weighted by Crippen LogP contribution is 2.68. The number of carbonyl (C=O) groups is 1. The maximum absolute atomic E-state index is 13.4. The van der Waals surface area contributed by atoms with Gasteiger partial charge in [-0.05, 0) is 32.6 Å². The van der Waals surface area contributed by atoms with E-state index in [1.165, 1.54) is 0 Å². The number of esters is 1. The molecule has 0 spiro atoms. The van der Waals surface area contributed by atoms with Gasteiger partial charge in [0.2, 0.25) is 0 Å². The van der Waals surface area contributed by atoms with Gasteiger partial charge in [-0.15, -0.1) is 0 Å². The summed E-state index contributed by atoms with van der Waals surface area (Å²) >= 11 is 0. The molecule has 1 saturated carbocycles. The minimum absolute atomic E-state index is 0.328. The summed E-state index contributed by atoms with van der Waals surface area (Å²) in [6, 6.07) is 0. The van der Waals surface area contributed by atoms with E-state index < -0.39 is 79.1 Å². The zero-order chi connectivity index (χ0) is 25.8. The van der Waals surface area contributed by atoms with Crippen LogP contribution in [0.3, 0.4) is 0 Å². The van der Waals surface area contributed by atoms with E-state index >= 15 is 0 Å². The Bertz CT molecular complexity index is 655. The third-order valence-corrected chi connectivity index (χ3v) is 5.43. The van der Waals surface area contributed by atoms with E-state index in [-0.39, 0.29) is 5.57 Å². The van der Waals surface area contributed by atoms with Crippen molar-refractivity contribution in [2.75, 3.05) is 0 Å². The standard InChI is InChI=1S/C16H16F12O4/c1-7(2)9(29)32-8-3-5-10(6-4-8,11(30,13(17,18)19)14(20,21)22)12(31,15(23,24)25)16(26,27)28/h8,30-31H,1,3-6H2,2H3. The van der Waals surface area contributed by atoms with E-state index in [1.54, 1.807) is 0 Å². The van der Waals surface area contributed by atoms with Gasteiger partial charge in [0.05, 0.1) is 5.41 Å². The van der Waals surface area contributed by atoms with Gasteiger partial charge < -0.3 is 14.9 Å². The Morgan fingerprint density at radius 1 is 0.781 bits per heavy atom. The molecule has 2 N–H and O–H groups in total. The summed E-state index contributed by atoms with van der Waals surface area (Å²) in [6.07, 6.45) is -37.6. The quantitative estimate of drug-likeness (QED) is 0.333. The van der Waals surface area contributed by atoms with Crippen LogP contribution >= 0.6 is 0 Å². The molecule has 0 saturated heterocycles. The number of halogens is 12. The van der Waals surface area contributed by atoms with Crippen LogP contribution in [0.1, 0.15) is 32.6 Å². The van der Waals surface area contributed by atoms with Crippen molar-refractivity contribution >= 4 is 5.97 Å². The highest BCUT2D eigenvalue weighted by Gasteiger charge is 2.91. The zero-order valence-electron chi connectivity index (χ0n) is 15.9. The van der Waals surface area contributed by atoms with Gasteiger partial charge in [-0.2, -0.15) is 52.7 Å². The minimum Gasteiger partial charge on any atom is -0.459 e. The molecule has 32 heavy (non-hydrogen) atoms. The molecule has 0 radical (unpaired) electrons. The molecule has 0 amide bonds. The molecular formula is C16H16F12O4. The predicted molar refractivity (Wildman–Crippen MR) is 79.7 cm³/mol. The van der Waals surface area contributed by atoms with Crippen LogP contribution in [0.25, 0.3) is 0 Å². The first-order chi connectivity index (χ1) is 13.9. The van der Waals surface area contributed by atoms with Crippen molar-refractivity contribution in [1.29, 1.82) is 0 Å². The van der Waals surface area contributed by atoms with Gasteiger partial charge >= 0.3 is 30.7 Å². The molecule has 0 heterocycles. The van der Waals surface area contributed by atoms with Crippen molar-refractivity contribution in [2.24, 2.45) is 5.41 Å². The smallest absolute Gasteiger partial charge is 0.426 e. The van der Waals surface area contributed by atoms with Crippen molar-refractivity contribution in [1.82, 2.24) is 0 Å². The second-order valence-corrected chi connectivity index (χ2v) is 7.38. The van der Waals surface area contributed by atoms with Crippen LogP contribution in [0.2, 0.25) is 0 Å². The fraction of sp³-hybridized carbons (Fsp3) is 0.812. The molecule has 0 unspecified atom stereocenters. The molecule has 0 bridgehead atoms. The minimum atomic E-state index is -7.13. The Kier molecular flexibility index (Phi) is 7.04. The SMILES string of the molecule is C=C(C)C(=O)OC1CCC(C(O)(C(F)(F)F)C(F)(F)F)(C(O)(C(F)(F)F)C(F)(F)F)CC1. The number of carbonyl (C=O) groups excluding carboxylic acids is 1. The van der Waals surface area contributed by atoms with Crippen LogP contribution in [-0.2, 0) is 9.53 Å². The number of hydrogen-bond donors (Lipinski definition) is 2. The number of ether oxygens (including phenoxy) is 1. The highest BCUT2D eigenvalue weighted by molar-refractivity contribution is 5.87. The van der Waals surface area contributed by atoms with Crippen molar-refractivity contribution in [3.8, 4) is 0 Å². The topological polar surface area (TPSA) is 66.8 Å². The third kappa shape index (κ3) is 4.03. The van der Waals surface area contributed by atoms with Crippen LogP contribution in [0.5, 0.6) is 0 Å². The molecule has 1 aliphatic carbocycles. The van der Waals surface area contributed by atoms with E-state index in [9.17, 15) is 67.7 Å². The third-order valence-electron chi connectivity index (χ3n) is 5.43. The van der Waals surface area contributed by atoms with Gasteiger partial charge in [-0.25, -0.2) is 4.79 Å². The summed E-state index contributed by atoms with van der Waals surface area (Å²) in [6.45, 7) is 4.17. The molecule has 0 atom stereocenters. The first-order valence-electron chi connectivity index (χ1n) is 8.49. The molecule has 0 aromatic carbocycles. The maximum Gasteiger partial charge on any atom is 0.426 e. The molecule has 0 aromatic heterocycles. The van der Waals surface area contributed by atoms with Gasteiger partial charge in [0.25, 0.3) is 11.2 Å². The lowest BCUT2D eigenvalue weighted by Gasteiger charge is -2.58. The summed E-state index contributed by atoms with van der Waals surface area (Å²) in [5.41, 5.74) is -18.9. The number of aliphatic hydroxyl groups is 2. The first-order valence-corrected chi connectivity index (χ1v) is 8.49. The van der Waals surface area contributed by atoms with Crippen molar-refractivity contribution < 1.29 is 72.4 Å². The Hall–Kier alpha value is -1.71. The van der Waals surface area contributed by atoms with Gasteiger partial charge in [-0.3, -0.25) is 0 Å².